The standard InChI is InChI=1S/C17H26N2O2/c1-11-8-9-13(12(2)10-11)18-14(20)17(6,7)15(21)19-16(3,4)5/h8-10H,1-7H3,(H,18,20)(H,19,21). The number of hydrogen-bond acceptors (Lipinski definition) is 2. The first kappa shape index (κ1) is 17.2. The van der Waals surface area contributed by atoms with Gasteiger partial charge in [0.25, 0.3) is 0 Å². The fourth-order valence-electron chi connectivity index (χ4n) is 1.83. The summed E-state index contributed by atoms with van der Waals surface area (Å²) in [6.07, 6.45) is 0. The second-order valence-electron chi connectivity index (χ2n) is 7.10. The highest BCUT2D eigenvalue weighted by molar-refractivity contribution is 6.10. The second kappa shape index (κ2) is 5.88. The molecule has 21 heavy (non-hydrogen) atoms. The molecule has 1 aromatic carbocycles. The van der Waals surface area contributed by atoms with Crippen LogP contribution in [0.2, 0.25) is 0 Å². The lowest BCUT2D eigenvalue weighted by Crippen LogP contribution is -2.51. The van der Waals surface area contributed by atoms with Crippen molar-refractivity contribution in [1.82, 2.24) is 5.32 Å². The van der Waals surface area contributed by atoms with Gasteiger partial charge in [-0.15, -0.1) is 0 Å². The highest BCUT2D eigenvalue weighted by atomic mass is 16.2. The number of nitrogens with one attached hydrogen (secondary N) is 2. The van der Waals surface area contributed by atoms with Gasteiger partial charge in [0, 0.05) is 11.2 Å². The van der Waals surface area contributed by atoms with Crippen molar-refractivity contribution in [2.45, 2.75) is 54.0 Å². The second-order valence-corrected chi connectivity index (χ2v) is 7.10. The van der Waals surface area contributed by atoms with Crippen LogP contribution in [0.5, 0.6) is 0 Å². The molecule has 0 atom stereocenters. The molecule has 0 radical (unpaired) electrons. The Morgan fingerprint density at radius 1 is 0.952 bits per heavy atom. The molecule has 0 aliphatic heterocycles. The van der Waals surface area contributed by atoms with Crippen LogP contribution in [0.4, 0.5) is 5.69 Å². The Balaban J connectivity index is 2.89. The topological polar surface area (TPSA) is 58.2 Å². The van der Waals surface area contributed by atoms with Crippen molar-refractivity contribution in [2.75, 3.05) is 5.32 Å². The zero-order chi connectivity index (χ0) is 16.4. The molecule has 0 unspecified atom stereocenters. The van der Waals surface area contributed by atoms with E-state index >= 15 is 0 Å². The Kier molecular flexibility index (Phi) is 4.82. The molecule has 1 aromatic rings. The fourth-order valence-corrected chi connectivity index (χ4v) is 1.83. The Hall–Kier alpha value is -1.84. The highest BCUT2D eigenvalue weighted by Crippen LogP contribution is 2.22. The van der Waals surface area contributed by atoms with Gasteiger partial charge in [0.2, 0.25) is 11.8 Å². The number of carbonyl (C=O) groups excluding carboxylic acids is 2. The van der Waals surface area contributed by atoms with Gasteiger partial charge in [-0.25, -0.2) is 0 Å². The van der Waals surface area contributed by atoms with Crippen LogP contribution in [0.25, 0.3) is 0 Å². The summed E-state index contributed by atoms with van der Waals surface area (Å²) < 4.78 is 0. The minimum absolute atomic E-state index is 0.280. The largest absolute Gasteiger partial charge is 0.351 e. The average molecular weight is 290 g/mol. The van der Waals surface area contributed by atoms with Crippen molar-refractivity contribution in [3.05, 3.63) is 29.3 Å². The van der Waals surface area contributed by atoms with Gasteiger partial charge >= 0.3 is 0 Å². The molecule has 4 nitrogen and oxygen atoms in total. The maximum absolute atomic E-state index is 12.4. The molecule has 0 saturated heterocycles. The Morgan fingerprint density at radius 2 is 1.52 bits per heavy atom. The van der Waals surface area contributed by atoms with E-state index in [1.807, 2.05) is 52.8 Å². The third-order valence-electron chi connectivity index (χ3n) is 3.25. The third-order valence-corrected chi connectivity index (χ3v) is 3.25. The highest BCUT2D eigenvalue weighted by Gasteiger charge is 2.37. The van der Waals surface area contributed by atoms with E-state index in [2.05, 4.69) is 10.6 Å². The number of amides is 2. The third kappa shape index (κ3) is 4.59. The molecule has 2 N–H and O–H groups in total. The summed E-state index contributed by atoms with van der Waals surface area (Å²) >= 11 is 0. The van der Waals surface area contributed by atoms with E-state index in [-0.39, 0.29) is 17.4 Å². The van der Waals surface area contributed by atoms with Gasteiger partial charge in [0.15, 0.2) is 0 Å². The Morgan fingerprint density at radius 3 is 2.00 bits per heavy atom. The molecule has 0 aromatic heterocycles. The van der Waals surface area contributed by atoms with Crippen molar-refractivity contribution in [3.63, 3.8) is 0 Å². The molecule has 4 heteroatoms. The van der Waals surface area contributed by atoms with Crippen LogP contribution >= 0.6 is 0 Å². The summed E-state index contributed by atoms with van der Waals surface area (Å²) in [5.74, 6) is -0.589. The zero-order valence-electron chi connectivity index (χ0n) is 14.0. The van der Waals surface area contributed by atoms with E-state index in [1.54, 1.807) is 13.8 Å². The first-order valence-electron chi connectivity index (χ1n) is 7.15. The van der Waals surface area contributed by atoms with Crippen LogP contribution in [-0.2, 0) is 9.59 Å². The summed E-state index contributed by atoms with van der Waals surface area (Å²) in [6, 6.07) is 5.79. The molecule has 0 saturated carbocycles. The molecule has 0 heterocycles. The molecule has 116 valence electrons. The van der Waals surface area contributed by atoms with Gasteiger partial charge < -0.3 is 10.6 Å². The van der Waals surface area contributed by atoms with Crippen LogP contribution in [0.3, 0.4) is 0 Å². The lowest BCUT2D eigenvalue weighted by atomic mass is 9.89. The number of rotatable bonds is 3. The minimum atomic E-state index is -1.13. The first-order valence-corrected chi connectivity index (χ1v) is 7.15. The van der Waals surface area contributed by atoms with Gasteiger partial charge in [-0.2, -0.15) is 0 Å². The monoisotopic (exact) mass is 290 g/mol. The maximum Gasteiger partial charge on any atom is 0.239 e. The maximum atomic E-state index is 12.4. The quantitative estimate of drug-likeness (QED) is 0.840. The number of anilines is 1. The molecule has 0 bridgehead atoms. The van der Waals surface area contributed by atoms with Gasteiger partial charge in [0.05, 0.1) is 0 Å². The zero-order valence-corrected chi connectivity index (χ0v) is 14.0. The van der Waals surface area contributed by atoms with E-state index < -0.39 is 5.41 Å². The number of hydrogen-bond donors (Lipinski definition) is 2. The SMILES string of the molecule is Cc1ccc(NC(=O)C(C)(C)C(=O)NC(C)(C)C)c(C)c1. The first-order chi connectivity index (χ1) is 9.43. The van der Waals surface area contributed by atoms with Crippen molar-refractivity contribution in [1.29, 1.82) is 0 Å². The Bertz CT molecular complexity index is 554. The molecular weight excluding hydrogens is 264 g/mol. The van der Waals surface area contributed by atoms with Crippen LogP contribution in [0.1, 0.15) is 45.7 Å². The summed E-state index contributed by atoms with van der Waals surface area (Å²) in [5, 5.41) is 5.69. The van der Waals surface area contributed by atoms with Gasteiger partial charge in [0.1, 0.15) is 5.41 Å². The van der Waals surface area contributed by atoms with Crippen molar-refractivity contribution >= 4 is 17.5 Å². The van der Waals surface area contributed by atoms with E-state index in [9.17, 15) is 9.59 Å². The predicted octanol–water partition coefficient (Wildman–Crippen LogP) is 3.18. The minimum Gasteiger partial charge on any atom is -0.351 e. The molecule has 0 spiro atoms. The molecule has 0 aliphatic carbocycles. The van der Waals surface area contributed by atoms with Gasteiger partial charge in [-0.05, 0) is 60.1 Å². The average Bonchev–Trinajstić information content (AvgIpc) is 2.30. The summed E-state index contributed by atoms with van der Waals surface area (Å²) in [6.45, 7) is 12.9. The molecule has 2 amide bonds. The number of carbonyl (C=O) groups is 2. The van der Waals surface area contributed by atoms with Crippen molar-refractivity contribution < 1.29 is 9.59 Å². The molecule has 0 fully saturated rings. The molecule has 1 rings (SSSR count). The number of benzene rings is 1. The lowest BCUT2D eigenvalue weighted by molar-refractivity contribution is -0.139. The summed E-state index contributed by atoms with van der Waals surface area (Å²) in [5.41, 5.74) is 1.35. The van der Waals surface area contributed by atoms with Crippen molar-refractivity contribution in [2.24, 2.45) is 5.41 Å². The van der Waals surface area contributed by atoms with Crippen molar-refractivity contribution in [3.8, 4) is 0 Å². The Labute approximate surface area is 127 Å². The normalized spacial score (nSPS) is 12.0. The molecular formula is C17H26N2O2. The molecule has 0 aliphatic rings. The lowest BCUT2D eigenvalue weighted by Gasteiger charge is -2.28. The smallest absolute Gasteiger partial charge is 0.239 e. The summed E-state index contributed by atoms with van der Waals surface area (Å²) in [7, 11) is 0. The summed E-state index contributed by atoms with van der Waals surface area (Å²) in [4.78, 5) is 24.7. The van der Waals surface area contributed by atoms with Crippen LogP contribution in [0.15, 0.2) is 18.2 Å². The predicted molar refractivity (Wildman–Crippen MR) is 86.2 cm³/mol. The fraction of sp³-hybridized carbons (Fsp3) is 0.529. The van der Waals surface area contributed by atoms with E-state index in [0.717, 1.165) is 16.8 Å². The van der Waals surface area contributed by atoms with Crippen LogP contribution in [-0.4, -0.2) is 17.4 Å². The van der Waals surface area contributed by atoms with E-state index in [4.69, 9.17) is 0 Å². The van der Waals surface area contributed by atoms with Crippen LogP contribution in [0, 0.1) is 19.3 Å². The van der Waals surface area contributed by atoms with Gasteiger partial charge in [-0.1, -0.05) is 17.7 Å². The van der Waals surface area contributed by atoms with E-state index in [0.29, 0.717) is 0 Å². The number of aryl methyl sites for hydroxylation is 2. The van der Waals surface area contributed by atoms with Crippen LogP contribution < -0.4 is 10.6 Å². The van der Waals surface area contributed by atoms with E-state index in [1.165, 1.54) is 0 Å². The van der Waals surface area contributed by atoms with Gasteiger partial charge in [-0.3, -0.25) is 9.59 Å².